The van der Waals surface area contributed by atoms with Crippen LogP contribution in [-0.4, -0.2) is 86.4 Å². The molecule has 1 aromatic carbocycles. The molecule has 9 nitrogen and oxygen atoms in total. The van der Waals surface area contributed by atoms with Gasteiger partial charge in [0.2, 0.25) is 15.9 Å². The van der Waals surface area contributed by atoms with E-state index in [-0.39, 0.29) is 35.2 Å². The Morgan fingerprint density at radius 3 is 2.53 bits per heavy atom. The Kier molecular flexibility index (Phi) is 6.56. The van der Waals surface area contributed by atoms with Gasteiger partial charge in [-0.2, -0.15) is 4.31 Å². The van der Waals surface area contributed by atoms with Gasteiger partial charge in [0.05, 0.1) is 12.6 Å². The van der Waals surface area contributed by atoms with Gasteiger partial charge in [0.15, 0.2) is 0 Å². The zero-order valence-corrected chi connectivity index (χ0v) is 18.7. The summed E-state index contributed by atoms with van der Waals surface area (Å²) >= 11 is 0. The summed E-state index contributed by atoms with van der Waals surface area (Å²) in [6.07, 6.45) is 0.381. The van der Waals surface area contributed by atoms with Crippen molar-refractivity contribution in [2.75, 3.05) is 33.7 Å². The Morgan fingerprint density at radius 1 is 1.20 bits per heavy atom. The Morgan fingerprint density at radius 2 is 1.87 bits per heavy atom. The van der Waals surface area contributed by atoms with E-state index in [4.69, 9.17) is 4.74 Å². The number of nitrogens with zero attached hydrogens (tertiary/aromatic N) is 3. The summed E-state index contributed by atoms with van der Waals surface area (Å²) in [5.74, 6) is -0.0252. The van der Waals surface area contributed by atoms with E-state index >= 15 is 0 Å². The molecule has 1 fully saturated rings. The molecular formula is C20H30N4O5S. The molecule has 0 radical (unpaired) electrons. The molecule has 1 saturated heterocycles. The van der Waals surface area contributed by atoms with Gasteiger partial charge in [-0.05, 0) is 32.4 Å². The summed E-state index contributed by atoms with van der Waals surface area (Å²) in [5, 5.41) is 2.88. The number of nitrogens with one attached hydrogen (secondary N) is 1. The molecule has 0 unspecified atom stereocenters. The lowest BCUT2D eigenvalue weighted by molar-refractivity contribution is -0.129. The molecule has 2 atom stereocenters. The molecule has 0 saturated carbocycles. The fraction of sp³-hybridized carbons (Fsp3) is 0.600. The van der Waals surface area contributed by atoms with Gasteiger partial charge in [-0.15, -0.1) is 0 Å². The number of urea groups is 1. The van der Waals surface area contributed by atoms with Crippen molar-refractivity contribution < 1.29 is 22.7 Å². The van der Waals surface area contributed by atoms with Crippen molar-refractivity contribution in [1.29, 1.82) is 0 Å². The van der Waals surface area contributed by atoms with Crippen molar-refractivity contribution in [2.45, 2.75) is 49.8 Å². The van der Waals surface area contributed by atoms with Gasteiger partial charge in [0, 0.05) is 39.6 Å². The summed E-state index contributed by atoms with van der Waals surface area (Å²) in [6.45, 7) is 4.33. The molecule has 2 aliphatic rings. The van der Waals surface area contributed by atoms with E-state index < -0.39 is 22.2 Å². The monoisotopic (exact) mass is 438 g/mol. The molecule has 3 amide bonds. The Labute approximate surface area is 178 Å². The molecule has 166 valence electrons. The number of fused-ring (bicyclic) bond motifs is 2. The standard InChI is InChI=1S/C20H30N4O5S/c1-14(2)21-20(26)23-11-9-15-16(10-12-23)29-17-7-5-6-8-18(17)30(27,28)24(15)13-19(25)22(3)4/h5-8,14-16H,9-13H2,1-4H3,(H,21,26)/t15-,16-/m1/s1. The Balaban J connectivity index is 1.97. The van der Waals surface area contributed by atoms with Crippen LogP contribution in [0.2, 0.25) is 0 Å². The summed E-state index contributed by atoms with van der Waals surface area (Å²) < 4.78 is 34.4. The summed E-state index contributed by atoms with van der Waals surface area (Å²) in [7, 11) is -0.755. The number of ether oxygens (including phenoxy) is 1. The number of sulfonamides is 1. The summed E-state index contributed by atoms with van der Waals surface area (Å²) in [4.78, 5) is 28.1. The molecule has 3 rings (SSSR count). The van der Waals surface area contributed by atoms with Crippen molar-refractivity contribution >= 4 is 22.0 Å². The first kappa shape index (κ1) is 22.4. The third-order valence-corrected chi connectivity index (χ3v) is 7.29. The number of hydrogen-bond acceptors (Lipinski definition) is 5. The molecule has 0 aromatic heterocycles. The van der Waals surface area contributed by atoms with Gasteiger partial charge in [0.1, 0.15) is 16.7 Å². The Hall–Kier alpha value is -2.33. The molecule has 0 aliphatic carbocycles. The third-order valence-electron chi connectivity index (χ3n) is 5.38. The quantitative estimate of drug-likeness (QED) is 0.762. The predicted molar refractivity (Wildman–Crippen MR) is 112 cm³/mol. The highest BCUT2D eigenvalue weighted by atomic mass is 32.2. The first-order valence-corrected chi connectivity index (χ1v) is 11.6. The van der Waals surface area contributed by atoms with Crippen LogP contribution in [0, 0.1) is 0 Å². The zero-order valence-electron chi connectivity index (χ0n) is 17.9. The van der Waals surface area contributed by atoms with Crippen LogP contribution in [0.15, 0.2) is 29.2 Å². The van der Waals surface area contributed by atoms with Crippen LogP contribution in [0.5, 0.6) is 5.75 Å². The maximum absolute atomic E-state index is 13.5. The molecule has 1 aromatic rings. The van der Waals surface area contributed by atoms with E-state index in [1.165, 1.54) is 15.3 Å². The molecule has 0 bridgehead atoms. The Bertz CT molecular complexity index is 902. The number of likely N-dealkylation sites (tertiary alicyclic amines) is 1. The fourth-order valence-corrected chi connectivity index (χ4v) is 5.53. The van der Waals surface area contributed by atoms with Gasteiger partial charge in [-0.1, -0.05) is 12.1 Å². The maximum Gasteiger partial charge on any atom is 0.317 e. The van der Waals surface area contributed by atoms with Crippen molar-refractivity contribution in [2.24, 2.45) is 0 Å². The van der Waals surface area contributed by atoms with Gasteiger partial charge < -0.3 is 19.9 Å². The molecule has 30 heavy (non-hydrogen) atoms. The highest BCUT2D eigenvalue weighted by Crippen LogP contribution is 2.36. The van der Waals surface area contributed by atoms with E-state index in [0.717, 1.165) is 0 Å². The number of benzene rings is 1. The van der Waals surface area contributed by atoms with Crippen molar-refractivity contribution in [1.82, 2.24) is 19.4 Å². The molecule has 2 aliphatic heterocycles. The zero-order chi connectivity index (χ0) is 22.1. The number of amides is 3. The number of likely N-dealkylation sites (N-methyl/N-ethyl adjacent to an activating group) is 1. The SMILES string of the molecule is CC(C)NC(=O)N1CC[C@@H]2[C@@H](CC1)Oc1ccccc1S(=O)(=O)N2CC(=O)N(C)C. The third kappa shape index (κ3) is 4.54. The molecule has 2 heterocycles. The minimum atomic E-state index is -3.95. The van der Waals surface area contributed by atoms with Gasteiger partial charge in [0.25, 0.3) is 0 Å². The normalized spacial score (nSPS) is 23.4. The molecule has 10 heteroatoms. The number of rotatable bonds is 3. The average Bonchev–Trinajstić information content (AvgIpc) is 2.91. The minimum Gasteiger partial charge on any atom is -0.487 e. The minimum absolute atomic E-state index is 0.00365. The second-order valence-electron chi connectivity index (χ2n) is 8.18. The number of hydrogen-bond donors (Lipinski definition) is 1. The highest BCUT2D eigenvalue weighted by Gasteiger charge is 2.44. The van der Waals surface area contributed by atoms with Gasteiger partial charge in [-0.3, -0.25) is 4.79 Å². The van der Waals surface area contributed by atoms with E-state index in [9.17, 15) is 18.0 Å². The lowest BCUT2D eigenvalue weighted by atomic mass is 10.1. The lowest BCUT2D eigenvalue weighted by Gasteiger charge is -2.31. The van der Waals surface area contributed by atoms with Crippen LogP contribution in [0.25, 0.3) is 0 Å². The second kappa shape index (κ2) is 8.81. The predicted octanol–water partition coefficient (Wildman–Crippen LogP) is 1.11. The van der Waals surface area contributed by atoms with Crippen LogP contribution >= 0.6 is 0 Å². The maximum atomic E-state index is 13.5. The largest absolute Gasteiger partial charge is 0.487 e. The summed E-state index contributed by atoms with van der Waals surface area (Å²) in [6, 6.07) is 5.78. The van der Waals surface area contributed by atoms with Gasteiger partial charge >= 0.3 is 6.03 Å². The molecule has 1 N–H and O–H groups in total. The topological polar surface area (TPSA) is 99.3 Å². The number of carbonyl (C=O) groups excluding carboxylic acids is 2. The molecular weight excluding hydrogens is 408 g/mol. The fourth-order valence-electron chi connectivity index (χ4n) is 3.77. The first-order chi connectivity index (χ1) is 14.1. The van der Waals surface area contributed by atoms with E-state index in [1.807, 2.05) is 13.8 Å². The summed E-state index contributed by atoms with van der Waals surface area (Å²) in [5.41, 5.74) is 0. The smallest absolute Gasteiger partial charge is 0.317 e. The first-order valence-electron chi connectivity index (χ1n) is 10.1. The van der Waals surface area contributed by atoms with Crippen molar-refractivity contribution in [3.05, 3.63) is 24.3 Å². The van der Waals surface area contributed by atoms with E-state index in [2.05, 4.69) is 5.32 Å². The van der Waals surface area contributed by atoms with E-state index in [1.54, 1.807) is 37.2 Å². The van der Waals surface area contributed by atoms with E-state index in [0.29, 0.717) is 25.9 Å². The number of para-hydroxylation sites is 1. The van der Waals surface area contributed by atoms with Crippen molar-refractivity contribution in [3.63, 3.8) is 0 Å². The van der Waals surface area contributed by atoms with Crippen LogP contribution in [0.4, 0.5) is 4.79 Å². The second-order valence-corrected chi connectivity index (χ2v) is 10.0. The average molecular weight is 439 g/mol. The van der Waals surface area contributed by atoms with Gasteiger partial charge in [-0.25, -0.2) is 13.2 Å². The van der Waals surface area contributed by atoms with Crippen LogP contribution in [-0.2, 0) is 14.8 Å². The van der Waals surface area contributed by atoms with Crippen LogP contribution < -0.4 is 10.1 Å². The molecule has 0 spiro atoms. The van der Waals surface area contributed by atoms with Crippen LogP contribution in [0.3, 0.4) is 0 Å². The lowest BCUT2D eigenvalue weighted by Crippen LogP contribution is -2.50. The van der Waals surface area contributed by atoms with Crippen LogP contribution in [0.1, 0.15) is 26.7 Å². The van der Waals surface area contributed by atoms with Crippen molar-refractivity contribution in [3.8, 4) is 5.75 Å². The highest BCUT2D eigenvalue weighted by molar-refractivity contribution is 7.89. The number of carbonyl (C=O) groups is 2.